The Labute approximate surface area is 169 Å². The summed E-state index contributed by atoms with van der Waals surface area (Å²) in [4.78, 5) is 0. The van der Waals surface area contributed by atoms with E-state index >= 15 is 0 Å². The molecule has 142 valence electrons. The second kappa shape index (κ2) is 8.79. The van der Waals surface area contributed by atoms with E-state index in [-0.39, 0.29) is 33.5 Å². The van der Waals surface area contributed by atoms with Crippen molar-refractivity contribution in [1.82, 2.24) is 0 Å². The van der Waals surface area contributed by atoms with Crippen LogP contribution >= 0.6 is 23.2 Å². The van der Waals surface area contributed by atoms with Gasteiger partial charge in [-0.3, -0.25) is 0 Å². The van der Waals surface area contributed by atoms with Gasteiger partial charge in [0, 0.05) is 5.56 Å². The molecular formula is C19H12Cl2F3N4+. The molecule has 2 aromatic carbocycles. The number of benzene rings is 2. The van der Waals surface area contributed by atoms with E-state index in [1.807, 2.05) is 6.07 Å². The molecule has 0 heterocycles. The molecule has 28 heavy (non-hydrogen) atoms. The maximum atomic E-state index is 12.9. The molecule has 0 fully saturated rings. The highest BCUT2D eigenvalue weighted by Gasteiger charge is 2.32. The Morgan fingerprint density at radius 3 is 2.11 bits per heavy atom. The van der Waals surface area contributed by atoms with Crippen molar-refractivity contribution < 1.29 is 17.7 Å². The van der Waals surface area contributed by atoms with E-state index in [0.717, 1.165) is 12.1 Å². The van der Waals surface area contributed by atoms with Gasteiger partial charge in [-0.2, -0.15) is 28.3 Å². The van der Waals surface area contributed by atoms with Gasteiger partial charge in [0.1, 0.15) is 6.07 Å². The zero-order valence-electron chi connectivity index (χ0n) is 14.1. The Kier molecular flexibility index (Phi) is 6.69. The molecule has 0 bridgehead atoms. The Hall–Kier alpha value is -3.00. The van der Waals surface area contributed by atoms with Crippen LogP contribution in [0.4, 0.5) is 13.2 Å². The largest absolute Gasteiger partial charge is 0.416 e. The summed E-state index contributed by atoms with van der Waals surface area (Å²) >= 11 is 12.1. The molecule has 0 radical (unpaired) electrons. The number of alkyl halides is 3. The monoisotopic (exact) mass is 423 g/mol. The van der Waals surface area contributed by atoms with Crippen molar-refractivity contribution in [2.24, 2.45) is 5.73 Å². The summed E-state index contributed by atoms with van der Waals surface area (Å²) in [5.74, 6) is 0. The third-order valence-corrected chi connectivity index (χ3v) is 4.34. The van der Waals surface area contributed by atoms with Gasteiger partial charge in [-0.1, -0.05) is 41.4 Å². The second-order valence-electron chi connectivity index (χ2n) is 5.57. The highest BCUT2D eigenvalue weighted by Crippen LogP contribution is 2.36. The summed E-state index contributed by atoms with van der Waals surface area (Å²) in [6.45, 7) is -0.171. The Morgan fingerprint density at radius 1 is 1.07 bits per heavy atom. The van der Waals surface area contributed by atoms with Crippen LogP contribution in [0.25, 0.3) is 0 Å². The molecule has 2 N–H and O–H groups in total. The average Bonchev–Trinajstić information content (AvgIpc) is 2.64. The van der Waals surface area contributed by atoms with E-state index in [1.165, 1.54) is 10.8 Å². The fraction of sp³-hybridized carbons (Fsp3) is 0.105. The normalized spacial score (nSPS) is 12.8. The first-order chi connectivity index (χ1) is 13.2. The van der Waals surface area contributed by atoms with Crippen LogP contribution < -0.4 is 5.73 Å². The molecule has 0 unspecified atom stereocenters. The predicted octanol–water partition coefficient (Wildman–Crippen LogP) is 4.86. The van der Waals surface area contributed by atoms with E-state index in [1.54, 1.807) is 36.4 Å². The number of halogens is 5. The lowest BCUT2D eigenvalue weighted by atomic mass is 10.1. The molecule has 2 aromatic rings. The highest BCUT2D eigenvalue weighted by molar-refractivity contribution is 6.36. The molecule has 2 rings (SSSR count). The summed E-state index contributed by atoms with van der Waals surface area (Å²) in [6.07, 6.45) is -3.09. The van der Waals surface area contributed by atoms with Gasteiger partial charge in [-0.15, -0.1) is 0 Å². The van der Waals surface area contributed by atoms with Crippen LogP contribution in [0.15, 0.2) is 53.9 Å². The Balaban J connectivity index is 2.61. The topological polar surface area (TPSA) is 76.6 Å². The predicted molar refractivity (Wildman–Crippen MR) is 99.5 cm³/mol. The van der Waals surface area contributed by atoms with Gasteiger partial charge >= 0.3 is 11.9 Å². The zero-order chi connectivity index (χ0) is 20.9. The lowest BCUT2D eigenvalue weighted by Gasteiger charge is -2.11. The number of hydrogen-bond donors (Lipinski definition) is 1. The minimum absolute atomic E-state index is 0.155. The van der Waals surface area contributed by atoms with Crippen molar-refractivity contribution in [1.29, 1.82) is 10.5 Å². The summed E-state index contributed by atoms with van der Waals surface area (Å²) in [5, 5.41) is 18.0. The van der Waals surface area contributed by atoms with Gasteiger partial charge in [0.15, 0.2) is 24.5 Å². The fourth-order valence-electron chi connectivity index (χ4n) is 2.33. The minimum Gasteiger partial charge on any atom is -0.384 e. The molecule has 9 heteroatoms. The molecule has 4 nitrogen and oxygen atoms in total. The minimum atomic E-state index is -4.61. The van der Waals surface area contributed by atoms with Crippen molar-refractivity contribution >= 4 is 29.4 Å². The first-order valence-electron chi connectivity index (χ1n) is 7.69. The van der Waals surface area contributed by atoms with Crippen LogP contribution in [0.1, 0.15) is 16.7 Å². The van der Waals surface area contributed by atoms with Crippen LogP contribution in [0.5, 0.6) is 0 Å². The van der Waals surface area contributed by atoms with E-state index in [2.05, 4.69) is 0 Å². The van der Waals surface area contributed by atoms with E-state index in [0.29, 0.717) is 5.56 Å². The van der Waals surface area contributed by atoms with Gasteiger partial charge in [-0.05, 0) is 24.3 Å². The van der Waals surface area contributed by atoms with E-state index in [4.69, 9.17) is 34.2 Å². The van der Waals surface area contributed by atoms with Crippen LogP contribution in [0.3, 0.4) is 0 Å². The highest BCUT2D eigenvalue weighted by atomic mass is 35.5. The van der Waals surface area contributed by atoms with Crippen molar-refractivity contribution in [2.45, 2.75) is 12.7 Å². The van der Waals surface area contributed by atoms with Gasteiger partial charge in [-0.25, -0.2) is 0 Å². The van der Waals surface area contributed by atoms with Gasteiger partial charge in [0.25, 0.3) is 0 Å². The Bertz CT molecular complexity index is 1010. The first kappa shape index (κ1) is 21.3. The van der Waals surface area contributed by atoms with Crippen molar-refractivity contribution in [2.75, 3.05) is 0 Å². The average molecular weight is 424 g/mol. The quantitative estimate of drug-likeness (QED) is 0.433. The molecule has 0 amide bonds. The smallest absolute Gasteiger partial charge is 0.384 e. The van der Waals surface area contributed by atoms with Crippen LogP contribution in [-0.2, 0) is 12.7 Å². The number of rotatable bonds is 4. The number of nitriles is 2. The van der Waals surface area contributed by atoms with E-state index in [9.17, 15) is 18.4 Å². The molecule has 0 aliphatic heterocycles. The fourth-order valence-corrected chi connectivity index (χ4v) is 2.94. The van der Waals surface area contributed by atoms with Crippen molar-refractivity contribution in [3.05, 3.63) is 80.6 Å². The third-order valence-electron chi connectivity index (χ3n) is 3.67. The molecule has 0 spiro atoms. The molecular weight excluding hydrogens is 412 g/mol. The molecule has 0 aliphatic carbocycles. The lowest BCUT2D eigenvalue weighted by molar-refractivity contribution is -0.483. The van der Waals surface area contributed by atoms with Crippen LogP contribution in [0.2, 0.25) is 10.0 Å². The Morgan fingerprint density at radius 2 is 1.64 bits per heavy atom. The summed E-state index contributed by atoms with van der Waals surface area (Å²) in [7, 11) is 0. The third kappa shape index (κ3) is 5.04. The number of nitrogens with two attached hydrogens (primary N) is 1. The summed E-state index contributed by atoms with van der Waals surface area (Å²) in [6, 6.07) is 13.8. The number of hydrogen-bond acceptors (Lipinski definition) is 3. The van der Waals surface area contributed by atoms with Gasteiger partial charge < -0.3 is 5.73 Å². The lowest BCUT2D eigenvalue weighted by Crippen LogP contribution is -2.18. The van der Waals surface area contributed by atoms with Crippen LogP contribution in [0, 0.1) is 22.7 Å². The maximum absolute atomic E-state index is 12.9. The maximum Gasteiger partial charge on any atom is 0.416 e. The molecule has 0 aromatic heterocycles. The first-order valence-corrected chi connectivity index (χ1v) is 8.44. The van der Waals surface area contributed by atoms with Crippen molar-refractivity contribution in [3.63, 3.8) is 0 Å². The van der Waals surface area contributed by atoms with E-state index < -0.39 is 11.7 Å². The SMILES string of the molecule is N#CC(N)=C(C#N)[N+](=Cc1ccccc1)Cc1c(Cl)cc(C(F)(F)F)cc1Cl. The number of allylic oxidation sites excluding steroid dienone is 2. The van der Waals surface area contributed by atoms with Crippen LogP contribution in [-0.4, -0.2) is 10.8 Å². The zero-order valence-corrected chi connectivity index (χ0v) is 15.6. The van der Waals surface area contributed by atoms with Gasteiger partial charge in [0.05, 0.1) is 21.2 Å². The molecule has 0 aliphatic rings. The van der Waals surface area contributed by atoms with Crippen molar-refractivity contribution in [3.8, 4) is 12.1 Å². The summed E-state index contributed by atoms with van der Waals surface area (Å²) in [5.41, 5.74) is 4.91. The summed E-state index contributed by atoms with van der Waals surface area (Å²) < 4.78 is 40.1. The molecule has 0 saturated carbocycles. The molecule has 0 atom stereocenters. The second-order valence-corrected chi connectivity index (χ2v) is 6.38. The standard InChI is InChI=1S/C19H12Cl2F3N4/c20-15-6-13(19(22,23)24)7-16(21)14(15)11-28(18(9-26)17(27)8-25)10-12-4-2-1-3-5-12/h1-7,10H,11,27H2/q+1. The van der Waals surface area contributed by atoms with Gasteiger partial charge in [0.2, 0.25) is 0 Å². The number of nitrogens with zero attached hydrogens (tertiary/aromatic N) is 3. The molecule has 0 saturated heterocycles.